The van der Waals surface area contributed by atoms with Gasteiger partial charge in [-0.25, -0.2) is 0 Å². The van der Waals surface area contributed by atoms with Gasteiger partial charge in [-0.05, 0) is 104 Å². The highest BCUT2D eigenvalue weighted by Crippen LogP contribution is 2.59. The van der Waals surface area contributed by atoms with Gasteiger partial charge in [0.25, 0.3) is 0 Å². The molecule has 0 saturated heterocycles. The molecule has 8 aromatic rings. The molecule has 0 aromatic heterocycles. The third kappa shape index (κ3) is 4.33. The fourth-order valence-corrected chi connectivity index (χ4v) is 9.11. The van der Waals surface area contributed by atoms with Crippen LogP contribution in [-0.4, -0.2) is 0 Å². The van der Waals surface area contributed by atoms with Crippen LogP contribution in [0.5, 0.6) is 11.5 Å². The molecule has 2 heteroatoms. The van der Waals surface area contributed by atoms with E-state index < -0.39 is 5.41 Å². The number of rotatable bonds is 3. The van der Waals surface area contributed by atoms with Gasteiger partial charge in [0.15, 0.2) is 0 Å². The molecule has 2 aliphatic carbocycles. The average molecular weight is 676 g/mol. The monoisotopic (exact) mass is 675 g/mol. The molecule has 0 amide bonds. The summed E-state index contributed by atoms with van der Waals surface area (Å²) in [6.45, 7) is 0. The number of hydrogen-bond acceptors (Lipinski definition) is 2. The fraction of sp³-hybridized carbons (Fsp3) is 0.0196. The first-order chi connectivity index (χ1) is 26.3. The molecule has 0 radical (unpaired) electrons. The standard InChI is InChI=1S/C51H33NO/c1-2-16-36(17-3-1)52(37-29-31-50-44(32-37)40-19-7-6-18-39(40)43-21-9-13-25-49(43)53-50)38-28-30-42-41-20-8-12-24-47(41)51(48(42)33-38)45-22-10-4-14-34(45)26-27-35-15-5-11-23-46(35)51/h1-33H. The molecule has 0 unspecified atom stereocenters. The van der Waals surface area contributed by atoms with Gasteiger partial charge < -0.3 is 9.64 Å². The Kier molecular flexibility index (Phi) is 6.50. The van der Waals surface area contributed by atoms with Crippen molar-refractivity contribution in [2.45, 2.75) is 5.41 Å². The molecule has 53 heavy (non-hydrogen) atoms. The van der Waals surface area contributed by atoms with Crippen molar-refractivity contribution in [2.75, 3.05) is 4.90 Å². The SMILES string of the molecule is C1=Cc2ccccc2C2(c3ccccc31)c1ccccc1-c1ccc(N(c3ccccc3)c3ccc4c(c3)-c3ccccc3-c3ccccc3O4)cc12. The Morgan fingerprint density at radius 1 is 0.321 bits per heavy atom. The molecule has 0 fully saturated rings. The molecule has 0 N–H and O–H groups in total. The number of hydrogen-bond donors (Lipinski definition) is 0. The van der Waals surface area contributed by atoms with Crippen molar-refractivity contribution < 1.29 is 4.74 Å². The predicted octanol–water partition coefficient (Wildman–Crippen LogP) is 13.4. The molecule has 0 bridgehead atoms. The minimum absolute atomic E-state index is 0.507. The minimum Gasteiger partial charge on any atom is -0.456 e. The van der Waals surface area contributed by atoms with E-state index in [2.05, 4.69) is 199 Å². The van der Waals surface area contributed by atoms with Gasteiger partial charge in [0.05, 0.1) is 5.41 Å². The quantitative estimate of drug-likeness (QED) is 0.185. The zero-order valence-electron chi connectivity index (χ0n) is 28.9. The van der Waals surface area contributed by atoms with E-state index in [9.17, 15) is 0 Å². The van der Waals surface area contributed by atoms with Gasteiger partial charge in [-0.15, -0.1) is 0 Å². The van der Waals surface area contributed by atoms with Crippen molar-refractivity contribution in [3.8, 4) is 44.9 Å². The average Bonchev–Trinajstić information content (AvgIpc) is 3.32. The maximum atomic E-state index is 6.66. The zero-order valence-corrected chi connectivity index (χ0v) is 28.9. The van der Waals surface area contributed by atoms with Crippen molar-refractivity contribution >= 4 is 29.2 Å². The Bertz CT molecular complexity index is 2730. The highest BCUT2D eigenvalue weighted by molar-refractivity contribution is 5.95. The van der Waals surface area contributed by atoms with Gasteiger partial charge in [0.2, 0.25) is 0 Å². The van der Waals surface area contributed by atoms with Crippen LogP contribution in [0.4, 0.5) is 17.1 Å². The van der Waals surface area contributed by atoms with E-state index in [0.29, 0.717) is 0 Å². The molecule has 8 aromatic carbocycles. The van der Waals surface area contributed by atoms with Crippen LogP contribution in [0.25, 0.3) is 45.5 Å². The smallest absolute Gasteiger partial charge is 0.135 e. The molecule has 11 rings (SSSR count). The summed E-state index contributed by atoms with van der Waals surface area (Å²) in [6, 6.07) is 68.3. The van der Waals surface area contributed by atoms with E-state index in [0.717, 1.165) is 45.3 Å². The third-order valence-corrected chi connectivity index (χ3v) is 11.3. The molecule has 1 spiro atoms. The number of nitrogens with zero attached hydrogens (tertiary/aromatic N) is 1. The summed E-state index contributed by atoms with van der Waals surface area (Å²) in [6.07, 6.45) is 4.58. The molecule has 0 atom stereocenters. The summed E-state index contributed by atoms with van der Waals surface area (Å²) in [5.74, 6) is 1.72. The van der Waals surface area contributed by atoms with Crippen molar-refractivity contribution in [3.63, 3.8) is 0 Å². The number of ether oxygens (including phenoxy) is 1. The van der Waals surface area contributed by atoms with Gasteiger partial charge in [-0.3, -0.25) is 0 Å². The lowest BCUT2D eigenvalue weighted by molar-refractivity contribution is 0.488. The molecule has 248 valence electrons. The first-order valence-corrected chi connectivity index (χ1v) is 18.3. The Labute approximate surface area is 309 Å². The lowest BCUT2D eigenvalue weighted by Crippen LogP contribution is -2.30. The van der Waals surface area contributed by atoms with Crippen LogP contribution >= 0.6 is 0 Å². The molecule has 3 aliphatic rings. The lowest BCUT2D eigenvalue weighted by Gasteiger charge is -2.36. The van der Waals surface area contributed by atoms with E-state index >= 15 is 0 Å². The molecular formula is C51H33NO. The van der Waals surface area contributed by atoms with E-state index in [4.69, 9.17) is 4.74 Å². The second-order valence-electron chi connectivity index (χ2n) is 14.0. The highest BCUT2D eigenvalue weighted by Gasteiger charge is 2.48. The zero-order chi connectivity index (χ0) is 34.9. The van der Waals surface area contributed by atoms with E-state index in [1.54, 1.807) is 0 Å². The van der Waals surface area contributed by atoms with E-state index in [1.807, 2.05) is 6.07 Å². The second-order valence-corrected chi connectivity index (χ2v) is 14.0. The van der Waals surface area contributed by atoms with Crippen LogP contribution in [0.1, 0.15) is 33.4 Å². The van der Waals surface area contributed by atoms with E-state index in [1.165, 1.54) is 50.1 Å². The van der Waals surface area contributed by atoms with Crippen LogP contribution in [0.3, 0.4) is 0 Å². The number of fused-ring (bicyclic) bond motifs is 14. The molecule has 2 nitrogen and oxygen atoms in total. The van der Waals surface area contributed by atoms with Crippen LogP contribution in [-0.2, 0) is 5.41 Å². The van der Waals surface area contributed by atoms with Crippen LogP contribution < -0.4 is 9.64 Å². The molecule has 1 aliphatic heterocycles. The maximum absolute atomic E-state index is 6.66. The maximum Gasteiger partial charge on any atom is 0.135 e. The van der Waals surface area contributed by atoms with E-state index in [-0.39, 0.29) is 0 Å². The van der Waals surface area contributed by atoms with Crippen molar-refractivity contribution in [2.24, 2.45) is 0 Å². The Morgan fingerprint density at radius 3 is 1.57 bits per heavy atom. The van der Waals surface area contributed by atoms with Gasteiger partial charge in [0.1, 0.15) is 11.5 Å². The van der Waals surface area contributed by atoms with Gasteiger partial charge in [0, 0.05) is 28.2 Å². The summed E-state index contributed by atoms with van der Waals surface area (Å²) >= 11 is 0. The number of para-hydroxylation sites is 2. The lowest BCUT2D eigenvalue weighted by atomic mass is 9.66. The summed E-state index contributed by atoms with van der Waals surface area (Å²) in [4.78, 5) is 2.39. The fourth-order valence-electron chi connectivity index (χ4n) is 9.11. The Balaban J connectivity index is 1.17. The summed E-state index contributed by atoms with van der Waals surface area (Å²) in [5, 5.41) is 0. The first kappa shape index (κ1) is 29.8. The largest absolute Gasteiger partial charge is 0.456 e. The Hall–Kier alpha value is -6.90. The minimum atomic E-state index is -0.507. The number of benzene rings is 8. The Morgan fingerprint density at radius 2 is 0.830 bits per heavy atom. The van der Waals surface area contributed by atoms with Gasteiger partial charge >= 0.3 is 0 Å². The molecule has 1 heterocycles. The van der Waals surface area contributed by atoms with Gasteiger partial charge in [-0.2, -0.15) is 0 Å². The van der Waals surface area contributed by atoms with Crippen LogP contribution in [0, 0.1) is 0 Å². The van der Waals surface area contributed by atoms with Crippen molar-refractivity contribution in [1.82, 2.24) is 0 Å². The van der Waals surface area contributed by atoms with Crippen molar-refractivity contribution in [3.05, 3.63) is 221 Å². The summed E-state index contributed by atoms with van der Waals surface area (Å²) < 4.78 is 6.66. The summed E-state index contributed by atoms with van der Waals surface area (Å²) in [5.41, 5.74) is 17.5. The van der Waals surface area contributed by atoms with Crippen molar-refractivity contribution in [1.29, 1.82) is 0 Å². The third-order valence-electron chi connectivity index (χ3n) is 11.3. The van der Waals surface area contributed by atoms with Gasteiger partial charge in [-0.1, -0.05) is 152 Å². The highest BCUT2D eigenvalue weighted by atomic mass is 16.5. The molecule has 0 saturated carbocycles. The van der Waals surface area contributed by atoms with Crippen LogP contribution in [0.2, 0.25) is 0 Å². The molecular weight excluding hydrogens is 643 g/mol. The number of anilines is 3. The summed E-state index contributed by atoms with van der Waals surface area (Å²) in [7, 11) is 0. The normalized spacial score (nSPS) is 13.5. The first-order valence-electron chi connectivity index (χ1n) is 18.3. The topological polar surface area (TPSA) is 12.5 Å². The second kappa shape index (κ2) is 11.6. The predicted molar refractivity (Wildman–Crippen MR) is 218 cm³/mol. The van der Waals surface area contributed by atoms with Crippen LogP contribution in [0.15, 0.2) is 188 Å².